The van der Waals surface area contributed by atoms with E-state index in [1.54, 1.807) is 24.3 Å². The second kappa shape index (κ2) is 9.91. The standard InChI is InChI=1S/C21H20ClN3O2S2/c1-13-7-14(2)9-17(8-13)24-19(26)10-18-11-28-21(25-18)29-12-20(27)23-16-5-3-15(22)4-6-16/h3-9,11H,10,12H2,1-2H3,(H,23,27)(H,24,26). The van der Waals surface area contributed by atoms with Crippen molar-refractivity contribution in [2.24, 2.45) is 0 Å². The van der Waals surface area contributed by atoms with Crippen molar-refractivity contribution in [1.82, 2.24) is 4.98 Å². The molecule has 0 aliphatic carbocycles. The highest BCUT2D eigenvalue weighted by atomic mass is 35.5. The Labute approximate surface area is 182 Å². The predicted octanol–water partition coefficient (Wildman–Crippen LogP) is 5.33. The largest absolute Gasteiger partial charge is 0.326 e. The average Bonchev–Trinajstić information content (AvgIpc) is 3.08. The van der Waals surface area contributed by atoms with Crippen molar-refractivity contribution in [3.8, 4) is 0 Å². The van der Waals surface area contributed by atoms with Gasteiger partial charge in [-0.2, -0.15) is 0 Å². The number of thiazole rings is 1. The number of anilines is 2. The Balaban J connectivity index is 1.47. The van der Waals surface area contributed by atoms with Gasteiger partial charge in [0.15, 0.2) is 4.34 Å². The first-order valence-electron chi connectivity index (χ1n) is 8.88. The van der Waals surface area contributed by atoms with E-state index in [9.17, 15) is 9.59 Å². The molecule has 0 fully saturated rings. The predicted molar refractivity (Wildman–Crippen MR) is 121 cm³/mol. The number of benzene rings is 2. The number of carbonyl (C=O) groups excluding carboxylic acids is 2. The molecule has 2 amide bonds. The number of amides is 2. The number of aromatic nitrogens is 1. The lowest BCUT2D eigenvalue weighted by Gasteiger charge is -2.06. The molecule has 5 nitrogen and oxygen atoms in total. The Morgan fingerprint density at radius 2 is 1.66 bits per heavy atom. The van der Waals surface area contributed by atoms with Crippen LogP contribution >= 0.6 is 34.7 Å². The number of aryl methyl sites for hydroxylation is 2. The van der Waals surface area contributed by atoms with E-state index in [4.69, 9.17) is 11.6 Å². The molecule has 0 saturated carbocycles. The number of carbonyl (C=O) groups is 2. The maximum atomic E-state index is 12.3. The molecule has 3 aromatic rings. The molecule has 29 heavy (non-hydrogen) atoms. The number of thioether (sulfide) groups is 1. The second-order valence-electron chi connectivity index (χ2n) is 6.55. The summed E-state index contributed by atoms with van der Waals surface area (Å²) in [6.45, 7) is 3.99. The maximum Gasteiger partial charge on any atom is 0.234 e. The Hall–Kier alpha value is -2.35. The number of hydrogen-bond donors (Lipinski definition) is 2. The van der Waals surface area contributed by atoms with E-state index in [-0.39, 0.29) is 24.0 Å². The van der Waals surface area contributed by atoms with Crippen LogP contribution in [0.25, 0.3) is 0 Å². The summed E-state index contributed by atoms with van der Waals surface area (Å²) in [5.74, 6) is 0.00335. The van der Waals surface area contributed by atoms with Crippen LogP contribution in [0.3, 0.4) is 0 Å². The van der Waals surface area contributed by atoms with E-state index >= 15 is 0 Å². The molecule has 0 aliphatic rings. The molecule has 0 unspecified atom stereocenters. The lowest BCUT2D eigenvalue weighted by Crippen LogP contribution is -2.15. The van der Waals surface area contributed by atoms with Crippen LogP contribution in [0, 0.1) is 13.8 Å². The summed E-state index contributed by atoms with van der Waals surface area (Å²) in [4.78, 5) is 28.8. The van der Waals surface area contributed by atoms with Gasteiger partial charge in [-0.1, -0.05) is 29.4 Å². The van der Waals surface area contributed by atoms with Crippen LogP contribution in [-0.2, 0) is 16.0 Å². The van der Waals surface area contributed by atoms with E-state index in [1.807, 2.05) is 31.4 Å². The minimum Gasteiger partial charge on any atom is -0.326 e. The summed E-state index contributed by atoms with van der Waals surface area (Å²) in [5.41, 5.74) is 4.38. The Morgan fingerprint density at radius 3 is 2.34 bits per heavy atom. The fraction of sp³-hybridized carbons (Fsp3) is 0.190. The third-order valence-electron chi connectivity index (χ3n) is 3.83. The molecule has 8 heteroatoms. The van der Waals surface area contributed by atoms with E-state index in [2.05, 4.69) is 21.7 Å². The summed E-state index contributed by atoms with van der Waals surface area (Å²) in [7, 11) is 0. The molecule has 2 aromatic carbocycles. The summed E-state index contributed by atoms with van der Waals surface area (Å²) in [5, 5.41) is 8.18. The molecule has 0 aliphatic heterocycles. The lowest BCUT2D eigenvalue weighted by molar-refractivity contribution is -0.116. The van der Waals surface area contributed by atoms with Crippen molar-refractivity contribution in [1.29, 1.82) is 0 Å². The molecule has 0 spiro atoms. The summed E-state index contributed by atoms with van der Waals surface area (Å²) >= 11 is 8.61. The van der Waals surface area contributed by atoms with E-state index in [0.29, 0.717) is 16.4 Å². The Bertz CT molecular complexity index is 999. The highest BCUT2D eigenvalue weighted by Gasteiger charge is 2.11. The Kier molecular flexibility index (Phi) is 7.30. The molecule has 2 N–H and O–H groups in total. The van der Waals surface area contributed by atoms with Gasteiger partial charge >= 0.3 is 0 Å². The minimum atomic E-state index is -0.123. The molecule has 3 rings (SSSR count). The molecular formula is C21H20ClN3O2S2. The van der Waals surface area contributed by atoms with Crippen LogP contribution in [0.1, 0.15) is 16.8 Å². The molecule has 0 bridgehead atoms. The fourth-order valence-electron chi connectivity index (χ4n) is 2.71. The first-order valence-corrected chi connectivity index (χ1v) is 11.1. The van der Waals surface area contributed by atoms with Gasteiger partial charge in [0, 0.05) is 21.8 Å². The number of rotatable bonds is 7. The minimum absolute atomic E-state index is 0.114. The number of hydrogen-bond acceptors (Lipinski definition) is 5. The van der Waals surface area contributed by atoms with Gasteiger partial charge in [-0.3, -0.25) is 9.59 Å². The summed E-state index contributed by atoms with van der Waals surface area (Å²) in [6, 6.07) is 12.9. The second-order valence-corrected chi connectivity index (χ2v) is 9.07. The first kappa shape index (κ1) is 21.4. The first-order chi connectivity index (χ1) is 13.9. The third-order valence-corrected chi connectivity index (χ3v) is 6.15. The Morgan fingerprint density at radius 1 is 1.00 bits per heavy atom. The highest BCUT2D eigenvalue weighted by molar-refractivity contribution is 8.01. The van der Waals surface area contributed by atoms with Gasteiger partial charge in [0.05, 0.1) is 17.9 Å². The normalized spacial score (nSPS) is 10.6. The van der Waals surface area contributed by atoms with Crippen LogP contribution in [0.5, 0.6) is 0 Å². The van der Waals surface area contributed by atoms with Crippen molar-refractivity contribution in [3.05, 3.63) is 69.7 Å². The van der Waals surface area contributed by atoms with Gasteiger partial charge in [0.25, 0.3) is 0 Å². The van der Waals surface area contributed by atoms with Gasteiger partial charge in [-0.05, 0) is 61.4 Å². The topological polar surface area (TPSA) is 71.1 Å². The zero-order valence-corrected chi connectivity index (χ0v) is 18.4. The zero-order chi connectivity index (χ0) is 20.8. The molecule has 1 aromatic heterocycles. The van der Waals surface area contributed by atoms with Gasteiger partial charge in [0.1, 0.15) is 0 Å². The quantitative estimate of drug-likeness (QED) is 0.482. The number of nitrogens with zero attached hydrogens (tertiary/aromatic N) is 1. The third kappa shape index (κ3) is 6.88. The van der Waals surface area contributed by atoms with Crippen LogP contribution in [0.2, 0.25) is 5.02 Å². The zero-order valence-electron chi connectivity index (χ0n) is 16.0. The van der Waals surface area contributed by atoms with Gasteiger partial charge in [-0.25, -0.2) is 4.98 Å². The molecular weight excluding hydrogens is 426 g/mol. The molecule has 150 valence electrons. The monoisotopic (exact) mass is 445 g/mol. The average molecular weight is 446 g/mol. The SMILES string of the molecule is Cc1cc(C)cc(NC(=O)Cc2csc(SCC(=O)Nc3ccc(Cl)cc3)n2)c1. The van der Waals surface area contributed by atoms with Gasteiger partial charge in [-0.15, -0.1) is 11.3 Å². The molecule has 0 saturated heterocycles. The van der Waals surface area contributed by atoms with Crippen LogP contribution in [-0.4, -0.2) is 22.6 Å². The maximum absolute atomic E-state index is 12.3. The summed E-state index contributed by atoms with van der Waals surface area (Å²) < 4.78 is 0.755. The fourth-order valence-corrected chi connectivity index (χ4v) is 4.48. The van der Waals surface area contributed by atoms with E-state index in [1.165, 1.54) is 23.1 Å². The molecule has 0 atom stereocenters. The van der Waals surface area contributed by atoms with Crippen molar-refractivity contribution in [3.63, 3.8) is 0 Å². The molecule has 0 radical (unpaired) electrons. The van der Waals surface area contributed by atoms with Crippen LogP contribution in [0.4, 0.5) is 11.4 Å². The van der Waals surface area contributed by atoms with E-state index < -0.39 is 0 Å². The summed E-state index contributed by atoms with van der Waals surface area (Å²) in [6.07, 6.45) is 0.195. The number of nitrogens with one attached hydrogen (secondary N) is 2. The van der Waals surface area contributed by atoms with Crippen LogP contribution < -0.4 is 10.6 Å². The van der Waals surface area contributed by atoms with Crippen molar-refractivity contribution < 1.29 is 9.59 Å². The van der Waals surface area contributed by atoms with Crippen LogP contribution in [0.15, 0.2) is 52.2 Å². The van der Waals surface area contributed by atoms with Crippen molar-refractivity contribution in [2.45, 2.75) is 24.6 Å². The van der Waals surface area contributed by atoms with E-state index in [0.717, 1.165) is 21.2 Å². The van der Waals surface area contributed by atoms with Gasteiger partial charge in [0.2, 0.25) is 11.8 Å². The molecule has 1 heterocycles. The highest BCUT2D eigenvalue weighted by Crippen LogP contribution is 2.24. The lowest BCUT2D eigenvalue weighted by atomic mass is 10.1. The van der Waals surface area contributed by atoms with Crippen molar-refractivity contribution >= 4 is 57.9 Å². The van der Waals surface area contributed by atoms with Crippen molar-refractivity contribution in [2.75, 3.05) is 16.4 Å². The van der Waals surface area contributed by atoms with Gasteiger partial charge < -0.3 is 10.6 Å². The smallest absolute Gasteiger partial charge is 0.234 e. The number of halogens is 1.